The van der Waals surface area contributed by atoms with Crippen LogP contribution >= 0.6 is 0 Å². The van der Waals surface area contributed by atoms with Crippen LogP contribution in [0.3, 0.4) is 0 Å². The second-order valence-electron chi connectivity index (χ2n) is 5.21. The number of rotatable bonds is 6. The van der Waals surface area contributed by atoms with Gasteiger partial charge < -0.3 is 10.5 Å². The molecular weight excluding hydrogens is 276 g/mol. The fourth-order valence-electron chi connectivity index (χ4n) is 2.25. The maximum Gasteiger partial charge on any atom is 0.247 e. The number of hydrogen-bond donors (Lipinski definition) is 1. The molecule has 1 aromatic carbocycles. The number of nitrogens with two attached hydrogens (primary N) is 1. The lowest BCUT2D eigenvalue weighted by atomic mass is 10.2. The molecule has 0 atom stereocenters. The molecule has 0 spiro atoms. The normalized spacial score (nSPS) is 15.6. The van der Waals surface area contributed by atoms with Gasteiger partial charge in [0, 0.05) is 18.3 Å². The lowest BCUT2D eigenvalue weighted by Gasteiger charge is -2.23. The summed E-state index contributed by atoms with van der Waals surface area (Å²) in [5.41, 5.74) is 7.15. The van der Waals surface area contributed by atoms with Crippen LogP contribution in [-0.2, 0) is 10.0 Å². The van der Waals surface area contributed by atoms with Crippen LogP contribution in [0.5, 0.6) is 5.75 Å². The first-order chi connectivity index (χ1) is 9.41. The molecule has 1 aliphatic carbocycles. The molecule has 0 radical (unpaired) electrons. The van der Waals surface area contributed by atoms with Crippen molar-refractivity contribution >= 4 is 15.7 Å². The first kappa shape index (κ1) is 15.1. The Bertz CT molecular complexity index is 595. The van der Waals surface area contributed by atoms with Crippen molar-refractivity contribution in [1.82, 2.24) is 4.31 Å². The fourth-order valence-corrected chi connectivity index (χ4v) is 4.20. The van der Waals surface area contributed by atoms with E-state index in [0.717, 1.165) is 24.8 Å². The van der Waals surface area contributed by atoms with E-state index in [2.05, 4.69) is 0 Å². The minimum atomic E-state index is -3.55. The Hall–Kier alpha value is -1.27. The van der Waals surface area contributed by atoms with E-state index in [9.17, 15) is 8.42 Å². The molecule has 20 heavy (non-hydrogen) atoms. The summed E-state index contributed by atoms with van der Waals surface area (Å²) in [6, 6.07) is 3.32. The van der Waals surface area contributed by atoms with Gasteiger partial charge in [-0.1, -0.05) is 6.92 Å². The molecule has 0 bridgehead atoms. The summed E-state index contributed by atoms with van der Waals surface area (Å²) in [6.45, 7) is 4.34. The fraction of sp³-hybridized carbons (Fsp3) is 0.571. The minimum Gasteiger partial charge on any atom is -0.495 e. The smallest absolute Gasteiger partial charge is 0.247 e. The van der Waals surface area contributed by atoms with Crippen LogP contribution in [0, 0.1) is 6.92 Å². The summed E-state index contributed by atoms with van der Waals surface area (Å²) in [4.78, 5) is 0.170. The lowest BCUT2D eigenvalue weighted by Crippen LogP contribution is -2.34. The molecule has 112 valence electrons. The SMILES string of the molecule is CCCN(C1CC1)S(=O)(=O)c1cc(N)c(C)cc1OC. The zero-order chi connectivity index (χ0) is 14.9. The van der Waals surface area contributed by atoms with Crippen LogP contribution in [0.4, 0.5) is 5.69 Å². The predicted octanol–water partition coefficient (Wildman–Crippen LogP) is 2.15. The molecule has 0 saturated heterocycles. The average molecular weight is 298 g/mol. The number of benzene rings is 1. The van der Waals surface area contributed by atoms with Crippen molar-refractivity contribution in [1.29, 1.82) is 0 Å². The van der Waals surface area contributed by atoms with Crippen LogP contribution in [0.2, 0.25) is 0 Å². The van der Waals surface area contributed by atoms with Crippen LogP contribution < -0.4 is 10.5 Å². The zero-order valence-corrected chi connectivity index (χ0v) is 13.0. The van der Waals surface area contributed by atoms with E-state index >= 15 is 0 Å². The Morgan fingerprint density at radius 1 is 1.40 bits per heavy atom. The summed E-state index contributed by atoms with van der Waals surface area (Å²) < 4.78 is 32.5. The summed E-state index contributed by atoms with van der Waals surface area (Å²) in [7, 11) is -2.08. The Morgan fingerprint density at radius 2 is 2.05 bits per heavy atom. The quantitative estimate of drug-likeness (QED) is 0.817. The van der Waals surface area contributed by atoms with E-state index in [4.69, 9.17) is 10.5 Å². The minimum absolute atomic E-state index is 0.132. The van der Waals surface area contributed by atoms with Gasteiger partial charge in [-0.05, 0) is 43.9 Å². The maximum atomic E-state index is 12.8. The number of nitrogens with zero attached hydrogens (tertiary/aromatic N) is 1. The third kappa shape index (κ3) is 2.76. The van der Waals surface area contributed by atoms with E-state index in [0.29, 0.717) is 18.0 Å². The Kier molecular flexibility index (Phi) is 4.25. The molecule has 5 nitrogen and oxygen atoms in total. The van der Waals surface area contributed by atoms with Gasteiger partial charge in [0.25, 0.3) is 0 Å². The van der Waals surface area contributed by atoms with Crippen LogP contribution in [0.15, 0.2) is 17.0 Å². The Morgan fingerprint density at radius 3 is 2.55 bits per heavy atom. The largest absolute Gasteiger partial charge is 0.495 e. The van der Waals surface area contributed by atoms with Gasteiger partial charge >= 0.3 is 0 Å². The predicted molar refractivity (Wildman–Crippen MR) is 79.3 cm³/mol. The first-order valence-corrected chi connectivity index (χ1v) is 8.31. The molecular formula is C14H22N2O3S. The summed E-state index contributed by atoms with van der Waals surface area (Å²) >= 11 is 0. The Labute approximate surface area is 120 Å². The second-order valence-corrected chi connectivity index (χ2v) is 7.07. The number of aryl methyl sites for hydroxylation is 1. The van der Waals surface area contributed by atoms with Crippen molar-refractivity contribution in [2.45, 2.75) is 44.0 Å². The van der Waals surface area contributed by atoms with Crippen molar-refractivity contribution in [2.75, 3.05) is 19.4 Å². The standard InChI is InChI=1S/C14H22N2O3S/c1-4-7-16(11-5-6-11)20(17,18)14-9-12(15)10(2)8-13(14)19-3/h8-9,11H,4-7,15H2,1-3H3. The highest BCUT2D eigenvalue weighted by atomic mass is 32.2. The summed E-state index contributed by atoms with van der Waals surface area (Å²) in [6.07, 6.45) is 2.66. The van der Waals surface area contributed by atoms with Gasteiger partial charge in [0.2, 0.25) is 10.0 Å². The highest BCUT2D eigenvalue weighted by Gasteiger charge is 2.38. The van der Waals surface area contributed by atoms with Gasteiger partial charge in [-0.2, -0.15) is 4.31 Å². The molecule has 1 aliphatic rings. The lowest BCUT2D eigenvalue weighted by molar-refractivity contribution is 0.384. The van der Waals surface area contributed by atoms with Gasteiger partial charge in [-0.25, -0.2) is 8.42 Å². The van der Waals surface area contributed by atoms with Crippen molar-refractivity contribution in [3.05, 3.63) is 17.7 Å². The highest BCUT2D eigenvalue weighted by molar-refractivity contribution is 7.89. The maximum absolute atomic E-state index is 12.8. The Balaban J connectivity index is 2.49. The summed E-state index contributed by atoms with van der Waals surface area (Å²) in [5.74, 6) is 0.360. The molecule has 0 unspecified atom stereocenters. The van der Waals surface area contributed by atoms with Gasteiger partial charge in [0.1, 0.15) is 10.6 Å². The van der Waals surface area contributed by atoms with Gasteiger partial charge in [-0.15, -0.1) is 0 Å². The van der Waals surface area contributed by atoms with E-state index in [1.54, 1.807) is 10.4 Å². The van der Waals surface area contributed by atoms with Crippen molar-refractivity contribution < 1.29 is 13.2 Å². The highest BCUT2D eigenvalue weighted by Crippen LogP contribution is 2.36. The van der Waals surface area contributed by atoms with Crippen LogP contribution in [0.25, 0.3) is 0 Å². The molecule has 1 aromatic rings. The summed E-state index contributed by atoms with van der Waals surface area (Å²) in [5, 5.41) is 0. The van der Waals surface area contributed by atoms with Gasteiger partial charge in [-0.3, -0.25) is 0 Å². The first-order valence-electron chi connectivity index (χ1n) is 6.87. The molecule has 0 aromatic heterocycles. The van der Waals surface area contributed by atoms with Gasteiger partial charge in [0.15, 0.2) is 0 Å². The van der Waals surface area contributed by atoms with Crippen LogP contribution in [0.1, 0.15) is 31.7 Å². The zero-order valence-electron chi connectivity index (χ0n) is 12.2. The molecule has 1 saturated carbocycles. The number of anilines is 1. The molecule has 2 rings (SSSR count). The topological polar surface area (TPSA) is 72.6 Å². The van der Waals surface area contributed by atoms with E-state index in [1.807, 2.05) is 13.8 Å². The van der Waals surface area contributed by atoms with Crippen LogP contribution in [-0.4, -0.2) is 32.4 Å². The number of sulfonamides is 1. The third-order valence-electron chi connectivity index (χ3n) is 3.54. The van der Waals surface area contributed by atoms with E-state index < -0.39 is 10.0 Å². The average Bonchev–Trinajstić information content (AvgIpc) is 3.22. The third-order valence-corrected chi connectivity index (χ3v) is 5.51. The van der Waals surface area contributed by atoms with Crippen molar-refractivity contribution in [3.63, 3.8) is 0 Å². The monoisotopic (exact) mass is 298 g/mol. The molecule has 6 heteroatoms. The second kappa shape index (κ2) is 5.61. The number of ether oxygens (including phenoxy) is 1. The molecule has 0 heterocycles. The molecule has 1 fully saturated rings. The number of methoxy groups -OCH3 is 1. The number of nitrogen functional groups attached to an aromatic ring is 1. The van der Waals surface area contributed by atoms with E-state index in [-0.39, 0.29) is 10.9 Å². The molecule has 0 amide bonds. The van der Waals surface area contributed by atoms with Crippen molar-refractivity contribution in [2.24, 2.45) is 0 Å². The van der Waals surface area contributed by atoms with Gasteiger partial charge in [0.05, 0.1) is 7.11 Å². The van der Waals surface area contributed by atoms with Crippen molar-refractivity contribution in [3.8, 4) is 5.75 Å². The van der Waals surface area contributed by atoms with E-state index in [1.165, 1.54) is 13.2 Å². The number of hydrogen-bond acceptors (Lipinski definition) is 4. The molecule has 0 aliphatic heterocycles. The molecule has 2 N–H and O–H groups in total.